The Labute approximate surface area is 105 Å². The van der Waals surface area contributed by atoms with Crippen LogP contribution in [-0.2, 0) is 4.79 Å². The highest BCUT2D eigenvalue weighted by Gasteiger charge is 2.16. The summed E-state index contributed by atoms with van der Waals surface area (Å²) >= 11 is 0. The molecule has 18 heavy (non-hydrogen) atoms. The predicted octanol–water partition coefficient (Wildman–Crippen LogP) is 0.644. The number of benzene rings is 1. The molecular weight excluding hydrogens is 234 g/mol. The highest BCUT2D eigenvalue weighted by atomic mass is 16.5. The van der Waals surface area contributed by atoms with Crippen molar-refractivity contribution in [3.63, 3.8) is 0 Å². The molecule has 1 aliphatic heterocycles. The van der Waals surface area contributed by atoms with Gasteiger partial charge in [0.05, 0.1) is 26.5 Å². The molecule has 6 heteroatoms. The number of carbonyl (C=O) groups excluding carboxylic acids is 1. The molecule has 1 aliphatic rings. The second-order valence-corrected chi connectivity index (χ2v) is 3.68. The van der Waals surface area contributed by atoms with Crippen molar-refractivity contribution in [2.45, 2.75) is 0 Å². The molecule has 0 spiro atoms. The van der Waals surface area contributed by atoms with Crippen LogP contribution in [0.3, 0.4) is 0 Å². The van der Waals surface area contributed by atoms with Crippen LogP contribution in [0.25, 0.3) is 0 Å². The summed E-state index contributed by atoms with van der Waals surface area (Å²) < 4.78 is 10.3. The van der Waals surface area contributed by atoms with Crippen LogP contribution in [0, 0.1) is 0 Å². The van der Waals surface area contributed by atoms with Gasteiger partial charge in [-0.2, -0.15) is 0 Å². The molecule has 2 rings (SSSR count). The molecule has 2 N–H and O–H groups in total. The van der Waals surface area contributed by atoms with Gasteiger partial charge in [0.1, 0.15) is 11.5 Å². The van der Waals surface area contributed by atoms with Gasteiger partial charge in [0.15, 0.2) is 5.84 Å². The third-order valence-electron chi connectivity index (χ3n) is 2.55. The van der Waals surface area contributed by atoms with Gasteiger partial charge in [-0.3, -0.25) is 9.79 Å². The van der Waals surface area contributed by atoms with Crippen molar-refractivity contribution in [2.75, 3.05) is 32.6 Å². The van der Waals surface area contributed by atoms with E-state index in [2.05, 4.69) is 15.6 Å². The summed E-state index contributed by atoms with van der Waals surface area (Å²) in [5.74, 6) is 1.30. The number of rotatable bonds is 4. The molecule has 0 unspecified atom stereocenters. The number of hydrogen-bond donors (Lipinski definition) is 2. The zero-order valence-electron chi connectivity index (χ0n) is 10.3. The first-order valence-electron chi connectivity index (χ1n) is 5.56. The van der Waals surface area contributed by atoms with Crippen molar-refractivity contribution in [2.24, 2.45) is 4.99 Å². The van der Waals surface area contributed by atoms with E-state index in [1.807, 2.05) is 0 Å². The Morgan fingerprint density at radius 1 is 1.39 bits per heavy atom. The molecule has 0 fully saturated rings. The second-order valence-electron chi connectivity index (χ2n) is 3.68. The van der Waals surface area contributed by atoms with E-state index in [9.17, 15) is 4.79 Å². The molecule has 1 aromatic carbocycles. The Balaban J connectivity index is 2.15. The fraction of sp³-hybridized carbons (Fsp3) is 0.333. The number of methoxy groups -OCH3 is 2. The summed E-state index contributed by atoms with van der Waals surface area (Å²) in [5, 5.41) is 5.65. The summed E-state index contributed by atoms with van der Waals surface area (Å²) in [7, 11) is 3.11. The summed E-state index contributed by atoms with van der Waals surface area (Å²) in [6.45, 7) is 1.32. The lowest BCUT2D eigenvalue weighted by Crippen LogP contribution is -2.32. The van der Waals surface area contributed by atoms with E-state index in [1.54, 1.807) is 25.3 Å². The van der Waals surface area contributed by atoms with E-state index < -0.39 is 0 Å². The van der Waals surface area contributed by atoms with E-state index in [0.29, 0.717) is 36.1 Å². The molecule has 1 amide bonds. The number of amidine groups is 1. The lowest BCUT2D eigenvalue weighted by atomic mass is 10.2. The maximum atomic E-state index is 11.8. The molecule has 6 nitrogen and oxygen atoms in total. The molecule has 0 atom stereocenters. The topological polar surface area (TPSA) is 72.0 Å². The van der Waals surface area contributed by atoms with Gasteiger partial charge in [-0.15, -0.1) is 0 Å². The first kappa shape index (κ1) is 12.2. The monoisotopic (exact) mass is 249 g/mol. The molecule has 0 saturated heterocycles. The number of amides is 1. The third kappa shape index (κ3) is 2.53. The standard InChI is InChI=1S/C12H15N3O3/c1-17-8-3-4-9(10(7-8)18-2)15-12(16)11-13-5-6-14-11/h3-4,7H,5-6H2,1-2H3,(H,13,14)(H,15,16). The van der Waals surface area contributed by atoms with Crippen LogP contribution in [0.4, 0.5) is 5.69 Å². The van der Waals surface area contributed by atoms with Crippen LogP contribution >= 0.6 is 0 Å². The van der Waals surface area contributed by atoms with E-state index in [0.717, 1.165) is 0 Å². The maximum absolute atomic E-state index is 11.8. The molecule has 1 aromatic rings. The Hall–Kier alpha value is -2.24. The molecule has 0 bridgehead atoms. The van der Waals surface area contributed by atoms with Gasteiger partial charge in [0.25, 0.3) is 5.91 Å². The summed E-state index contributed by atoms with van der Waals surface area (Å²) in [5.41, 5.74) is 0.583. The van der Waals surface area contributed by atoms with Crippen LogP contribution in [-0.4, -0.2) is 39.1 Å². The van der Waals surface area contributed by atoms with Gasteiger partial charge in [0.2, 0.25) is 0 Å². The zero-order chi connectivity index (χ0) is 13.0. The average Bonchev–Trinajstić information content (AvgIpc) is 2.93. The van der Waals surface area contributed by atoms with Crippen LogP contribution in [0.15, 0.2) is 23.2 Å². The highest BCUT2D eigenvalue weighted by Crippen LogP contribution is 2.28. The first-order chi connectivity index (χ1) is 8.74. The average molecular weight is 249 g/mol. The second kappa shape index (κ2) is 5.39. The normalized spacial score (nSPS) is 13.6. The molecule has 0 radical (unpaired) electrons. The number of carbonyl (C=O) groups is 1. The van der Waals surface area contributed by atoms with Crippen molar-refractivity contribution < 1.29 is 14.3 Å². The van der Waals surface area contributed by atoms with Crippen molar-refractivity contribution in [3.05, 3.63) is 18.2 Å². The number of anilines is 1. The zero-order valence-corrected chi connectivity index (χ0v) is 10.3. The van der Waals surface area contributed by atoms with E-state index in [-0.39, 0.29) is 5.91 Å². The largest absolute Gasteiger partial charge is 0.497 e. The van der Waals surface area contributed by atoms with Crippen LogP contribution in [0.2, 0.25) is 0 Å². The summed E-state index contributed by atoms with van der Waals surface area (Å²) in [6.07, 6.45) is 0. The van der Waals surface area contributed by atoms with Crippen molar-refractivity contribution in [3.8, 4) is 11.5 Å². The van der Waals surface area contributed by atoms with Gasteiger partial charge >= 0.3 is 0 Å². The van der Waals surface area contributed by atoms with Crippen molar-refractivity contribution >= 4 is 17.4 Å². The lowest BCUT2D eigenvalue weighted by Gasteiger charge is -2.11. The van der Waals surface area contributed by atoms with Crippen molar-refractivity contribution in [1.29, 1.82) is 0 Å². The minimum atomic E-state index is -0.268. The van der Waals surface area contributed by atoms with Gasteiger partial charge in [-0.05, 0) is 12.1 Å². The molecule has 0 aromatic heterocycles. The quantitative estimate of drug-likeness (QED) is 0.821. The van der Waals surface area contributed by atoms with Gasteiger partial charge in [0, 0.05) is 12.6 Å². The van der Waals surface area contributed by atoms with Gasteiger partial charge < -0.3 is 20.1 Å². The smallest absolute Gasteiger partial charge is 0.290 e. The van der Waals surface area contributed by atoms with Crippen LogP contribution in [0.5, 0.6) is 11.5 Å². The molecule has 0 saturated carbocycles. The summed E-state index contributed by atoms with van der Waals surface area (Å²) in [4.78, 5) is 15.9. The fourth-order valence-corrected chi connectivity index (χ4v) is 1.63. The van der Waals surface area contributed by atoms with Gasteiger partial charge in [-0.1, -0.05) is 0 Å². The number of aliphatic imine (C=N–C) groups is 1. The minimum absolute atomic E-state index is 0.268. The van der Waals surface area contributed by atoms with E-state index in [4.69, 9.17) is 9.47 Å². The Morgan fingerprint density at radius 3 is 2.83 bits per heavy atom. The Kier molecular flexibility index (Phi) is 3.66. The van der Waals surface area contributed by atoms with E-state index >= 15 is 0 Å². The number of nitrogens with zero attached hydrogens (tertiary/aromatic N) is 1. The molecular formula is C12H15N3O3. The fourth-order valence-electron chi connectivity index (χ4n) is 1.63. The third-order valence-corrected chi connectivity index (χ3v) is 2.55. The lowest BCUT2D eigenvalue weighted by molar-refractivity contribution is -0.110. The van der Waals surface area contributed by atoms with Gasteiger partial charge in [-0.25, -0.2) is 0 Å². The number of hydrogen-bond acceptors (Lipinski definition) is 5. The molecule has 0 aliphatic carbocycles. The number of nitrogens with one attached hydrogen (secondary N) is 2. The maximum Gasteiger partial charge on any atom is 0.290 e. The van der Waals surface area contributed by atoms with Crippen molar-refractivity contribution in [1.82, 2.24) is 5.32 Å². The molecule has 1 heterocycles. The first-order valence-corrected chi connectivity index (χ1v) is 5.56. The van der Waals surface area contributed by atoms with E-state index in [1.165, 1.54) is 7.11 Å². The Bertz CT molecular complexity index is 485. The predicted molar refractivity (Wildman–Crippen MR) is 68.5 cm³/mol. The number of ether oxygens (including phenoxy) is 2. The molecule has 96 valence electrons. The van der Waals surface area contributed by atoms with Crippen LogP contribution < -0.4 is 20.1 Å². The van der Waals surface area contributed by atoms with Crippen LogP contribution in [0.1, 0.15) is 0 Å². The Morgan fingerprint density at radius 2 is 2.22 bits per heavy atom. The summed E-state index contributed by atoms with van der Waals surface area (Å²) in [6, 6.07) is 5.19. The SMILES string of the molecule is COc1ccc(NC(=O)C2=NCCN2)c(OC)c1. The highest BCUT2D eigenvalue weighted by molar-refractivity contribution is 6.42. The minimum Gasteiger partial charge on any atom is -0.497 e.